The highest BCUT2D eigenvalue weighted by atomic mass is 32.2. The number of hydrogen-bond donors (Lipinski definition) is 1. The fourth-order valence-electron chi connectivity index (χ4n) is 2.00. The molecule has 1 aromatic rings. The van der Waals surface area contributed by atoms with E-state index in [-0.39, 0.29) is 17.6 Å². The third-order valence-corrected chi connectivity index (χ3v) is 4.82. The molecule has 0 atom stereocenters. The first-order valence-corrected chi connectivity index (χ1v) is 8.15. The number of aliphatic carboxylic acids is 1. The van der Waals surface area contributed by atoms with E-state index in [0.29, 0.717) is 18.6 Å². The molecule has 1 aromatic carbocycles. The third kappa shape index (κ3) is 4.38. The molecule has 6 heteroatoms. The Labute approximate surface area is 117 Å². The van der Waals surface area contributed by atoms with E-state index in [1.807, 2.05) is 0 Å². The largest absolute Gasteiger partial charge is 0.490 e. The molecule has 0 amide bonds. The van der Waals surface area contributed by atoms with Crippen LogP contribution in [-0.4, -0.2) is 37.1 Å². The average molecular weight is 296 g/mol. The fourth-order valence-corrected chi connectivity index (χ4v) is 3.45. The van der Waals surface area contributed by atoms with Crippen LogP contribution in [-0.2, 0) is 14.6 Å². The number of carboxylic acid groups (broad SMARTS) is 1. The molecule has 1 fully saturated rings. The third-order valence-electron chi connectivity index (χ3n) is 3.10. The number of sulfone groups is 1. The number of carboxylic acids is 1. The molecule has 1 saturated heterocycles. The van der Waals surface area contributed by atoms with Crippen molar-refractivity contribution in [2.24, 2.45) is 0 Å². The van der Waals surface area contributed by atoms with Crippen molar-refractivity contribution in [3.63, 3.8) is 0 Å². The molecule has 0 spiro atoms. The van der Waals surface area contributed by atoms with E-state index in [0.717, 1.165) is 11.6 Å². The van der Waals surface area contributed by atoms with Crippen molar-refractivity contribution in [2.75, 3.05) is 11.5 Å². The summed E-state index contributed by atoms with van der Waals surface area (Å²) in [6.07, 6.45) is 3.53. The molecule has 1 aliphatic rings. The Morgan fingerprint density at radius 1 is 1.20 bits per heavy atom. The zero-order chi connectivity index (χ0) is 14.6. The molecule has 0 aromatic heterocycles. The summed E-state index contributed by atoms with van der Waals surface area (Å²) in [6.45, 7) is 0. The van der Waals surface area contributed by atoms with Crippen LogP contribution in [0.5, 0.6) is 5.75 Å². The maximum absolute atomic E-state index is 11.3. The highest BCUT2D eigenvalue weighted by Crippen LogP contribution is 2.20. The molecule has 20 heavy (non-hydrogen) atoms. The summed E-state index contributed by atoms with van der Waals surface area (Å²) >= 11 is 0. The standard InChI is InChI=1S/C14H16O5S/c15-14(16)6-3-11-1-4-12(5-2-11)19-13-7-9-20(17,18)10-8-13/h1-6,13H,7-10H2,(H,15,16)/b6-3+. The van der Waals surface area contributed by atoms with Crippen LogP contribution in [0, 0.1) is 0 Å². The van der Waals surface area contributed by atoms with Gasteiger partial charge in [0.15, 0.2) is 9.84 Å². The Balaban J connectivity index is 1.93. The SMILES string of the molecule is O=C(O)/C=C/c1ccc(OC2CCS(=O)(=O)CC2)cc1. The summed E-state index contributed by atoms with van der Waals surface area (Å²) in [7, 11) is -2.87. The molecule has 0 bridgehead atoms. The van der Waals surface area contributed by atoms with Crippen molar-refractivity contribution < 1.29 is 23.1 Å². The van der Waals surface area contributed by atoms with Crippen molar-refractivity contribution >= 4 is 21.9 Å². The Morgan fingerprint density at radius 2 is 1.80 bits per heavy atom. The van der Waals surface area contributed by atoms with E-state index in [9.17, 15) is 13.2 Å². The number of ether oxygens (including phenoxy) is 1. The van der Waals surface area contributed by atoms with Crippen LogP contribution in [0.3, 0.4) is 0 Å². The lowest BCUT2D eigenvalue weighted by atomic mass is 10.2. The second-order valence-electron chi connectivity index (χ2n) is 4.71. The quantitative estimate of drug-likeness (QED) is 0.856. The molecule has 0 saturated carbocycles. The Hall–Kier alpha value is -1.82. The summed E-state index contributed by atoms with van der Waals surface area (Å²) in [6, 6.07) is 7.03. The van der Waals surface area contributed by atoms with Gasteiger partial charge in [0.1, 0.15) is 11.9 Å². The first-order valence-electron chi connectivity index (χ1n) is 6.33. The minimum absolute atomic E-state index is 0.0704. The van der Waals surface area contributed by atoms with Gasteiger partial charge in [0.05, 0.1) is 11.5 Å². The van der Waals surface area contributed by atoms with E-state index < -0.39 is 15.8 Å². The first-order chi connectivity index (χ1) is 9.44. The monoisotopic (exact) mass is 296 g/mol. The minimum atomic E-state index is -2.87. The van der Waals surface area contributed by atoms with E-state index in [4.69, 9.17) is 9.84 Å². The van der Waals surface area contributed by atoms with E-state index in [1.165, 1.54) is 6.08 Å². The minimum Gasteiger partial charge on any atom is -0.490 e. The highest BCUT2D eigenvalue weighted by Gasteiger charge is 2.24. The van der Waals surface area contributed by atoms with E-state index >= 15 is 0 Å². The molecule has 5 nitrogen and oxygen atoms in total. The van der Waals surface area contributed by atoms with Gasteiger partial charge in [-0.25, -0.2) is 13.2 Å². The van der Waals surface area contributed by atoms with Crippen LogP contribution in [0.2, 0.25) is 0 Å². The fraction of sp³-hybridized carbons (Fsp3) is 0.357. The molecule has 2 rings (SSSR count). The molecule has 0 unspecified atom stereocenters. The maximum atomic E-state index is 11.3. The van der Waals surface area contributed by atoms with Gasteiger partial charge in [0, 0.05) is 6.08 Å². The van der Waals surface area contributed by atoms with E-state index in [2.05, 4.69) is 0 Å². The Bertz CT molecular complexity index is 587. The molecule has 1 heterocycles. The summed E-state index contributed by atoms with van der Waals surface area (Å²) in [5.41, 5.74) is 0.769. The molecule has 0 aliphatic carbocycles. The normalized spacial score (nSPS) is 19.0. The first kappa shape index (κ1) is 14.6. The molecular formula is C14H16O5S. The second-order valence-corrected chi connectivity index (χ2v) is 7.01. The van der Waals surface area contributed by atoms with Crippen LogP contribution >= 0.6 is 0 Å². The van der Waals surface area contributed by atoms with Crippen molar-refractivity contribution in [3.05, 3.63) is 35.9 Å². The number of carbonyl (C=O) groups is 1. The Morgan fingerprint density at radius 3 is 2.35 bits per heavy atom. The smallest absolute Gasteiger partial charge is 0.328 e. The van der Waals surface area contributed by atoms with Crippen LogP contribution in [0.15, 0.2) is 30.3 Å². The lowest BCUT2D eigenvalue weighted by Gasteiger charge is -2.23. The average Bonchev–Trinajstić information content (AvgIpc) is 2.40. The topological polar surface area (TPSA) is 80.7 Å². The maximum Gasteiger partial charge on any atom is 0.328 e. The van der Waals surface area contributed by atoms with Crippen molar-refractivity contribution in [3.8, 4) is 5.75 Å². The van der Waals surface area contributed by atoms with Gasteiger partial charge in [-0.15, -0.1) is 0 Å². The van der Waals surface area contributed by atoms with Crippen molar-refractivity contribution in [2.45, 2.75) is 18.9 Å². The van der Waals surface area contributed by atoms with Gasteiger partial charge in [-0.3, -0.25) is 0 Å². The zero-order valence-electron chi connectivity index (χ0n) is 10.9. The van der Waals surface area contributed by atoms with Gasteiger partial charge >= 0.3 is 5.97 Å². The number of benzene rings is 1. The van der Waals surface area contributed by atoms with E-state index in [1.54, 1.807) is 24.3 Å². The predicted molar refractivity (Wildman–Crippen MR) is 75.4 cm³/mol. The lowest BCUT2D eigenvalue weighted by molar-refractivity contribution is -0.131. The van der Waals surface area contributed by atoms with Gasteiger partial charge in [0.25, 0.3) is 0 Å². The van der Waals surface area contributed by atoms with Gasteiger partial charge in [-0.2, -0.15) is 0 Å². The lowest BCUT2D eigenvalue weighted by Crippen LogP contribution is -2.30. The molecular weight excluding hydrogens is 280 g/mol. The molecule has 0 radical (unpaired) electrons. The van der Waals surface area contributed by atoms with Crippen LogP contribution in [0.25, 0.3) is 6.08 Å². The Kier molecular flexibility index (Phi) is 4.44. The van der Waals surface area contributed by atoms with Crippen LogP contribution in [0.1, 0.15) is 18.4 Å². The summed E-state index contributed by atoms with van der Waals surface area (Å²) in [4.78, 5) is 10.4. The number of rotatable bonds is 4. The summed E-state index contributed by atoms with van der Waals surface area (Å²) in [5.74, 6) is 0.0318. The molecule has 108 valence electrons. The molecule has 1 aliphatic heterocycles. The highest BCUT2D eigenvalue weighted by molar-refractivity contribution is 7.91. The predicted octanol–water partition coefficient (Wildman–Crippen LogP) is 1.74. The number of hydrogen-bond acceptors (Lipinski definition) is 4. The van der Waals surface area contributed by atoms with Gasteiger partial charge in [-0.1, -0.05) is 12.1 Å². The van der Waals surface area contributed by atoms with Crippen molar-refractivity contribution in [1.29, 1.82) is 0 Å². The zero-order valence-corrected chi connectivity index (χ0v) is 11.7. The van der Waals surface area contributed by atoms with Crippen LogP contribution in [0.4, 0.5) is 0 Å². The molecule has 1 N–H and O–H groups in total. The summed E-state index contributed by atoms with van der Waals surface area (Å²) < 4.78 is 28.3. The van der Waals surface area contributed by atoms with Crippen LogP contribution < -0.4 is 4.74 Å². The summed E-state index contributed by atoms with van der Waals surface area (Å²) in [5, 5.41) is 8.53. The van der Waals surface area contributed by atoms with Crippen molar-refractivity contribution in [1.82, 2.24) is 0 Å². The van der Waals surface area contributed by atoms with Gasteiger partial charge < -0.3 is 9.84 Å². The van der Waals surface area contributed by atoms with Gasteiger partial charge in [0.2, 0.25) is 0 Å². The second kappa shape index (κ2) is 6.09. The van der Waals surface area contributed by atoms with Gasteiger partial charge in [-0.05, 0) is 36.6 Å².